The van der Waals surface area contributed by atoms with E-state index in [4.69, 9.17) is 11.6 Å². The summed E-state index contributed by atoms with van der Waals surface area (Å²) < 4.78 is 2.16. The van der Waals surface area contributed by atoms with Crippen molar-refractivity contribution in [3.05, 3.63) is 58.9 Å². The van der Waals surface area contributed by atoms with Crippen LogP contribution in [0.3, 0.4) is 0 Å². The van der Waals surface area contributed by atoms with Gasteiger partial charge < -0.3 is 19.7 Å². The smallest absolute Gasteiger partial charge is 0.318 e. The average molecular weight is 431 g/mol. The zero-order chi connectivity index (χ0) is 21.8. The summed E-state index contributed by atoms with van der Waals surface area (Å²) in [5, 5.41) is 3.54. The number of rotatable bonds is 6. The lowest BCUT2D eigenvalue weighted by Gasteiger charge is -2.39. The second-order valence-corrected chi connectivity index (χ2v) is 8.92. The van der Waals surface area contributed by atoms with Crippen LogP contribution in [-0.2, 0) is 11.3 Å². The molecule has 0 fully saturated rings. The molecule has 1 atom stereocenters. The summed E-state index contributed by atoms with van der Waals surface area (Å²) >= 11 is 6.52. The number of hydrogen-bond acceptors (Lipinski definition) is 2. The van der Waals surface area contributed by atoms with Crippen molar-refractivity contribution in [3.8, 4) is 0 Å². The molecule has 7 heteroatoms. The summed E-state index contributed by atoms with van der Waals surface area (Å²) in [4.78, 5) is 29.6. The molecule has 0 aliphatic carbocycles. The maximum Gasteiger partial charge on any atom is 0.318 e. The normalized spacial score (nSPS) is 16.0. The van der Waals surface area contributed by atoms with Crippen molar-refractivity contribution in [2.24, 2.45) is 5.92 Å². The van der Waals surface area contributed by atoms with Gasteiger partial charge in [0, 0.05) is 42.6 Å². The van der Waals surface area contributed by atoms with Gasteiger partial charge in [-0.1, -0.05) is 43.6 Å². The highest BCUT2D eigenvalue weighted by atomic mass is 35.5. The molecule has 3 rings (SSSR count). The third-order valence-corrected chi connectivity index (χ3v) is 5.51. The fourth-order valence-corrected chi connectivity index (χ4v) is 4.17. The molecule has 3 amide bonds. The van der Waals surface area contributed by atoms with Gasteiger partial charge in [-0.15, -0.1) is 0 Å². The standard InChI is InChI=1S/C23H31ClN4O2/c1-16(2)14-27(23(30)25-17(3)4)15-21(29)28-13-12-26-11-7-10-20(26)22(28)18-8-5-6-9-19(18)24/h5-11,16-17,22H,12-15H2,1-4H3,(H,25,30)/t22-/m0/s1. The molecule has 0 spiro atoms. The van der Waals surface area contributed by atoms with E-state index in [2.05, 4.69) is 9.88 Å². The van der Waals surface area contributed by atoms with Crippen molar-refractivity contribution >= 4 is 23.5 Å². The molecule has 1 aliphatic rings. The summed E-state index contributed by atoms with van der Waals surface area (Å²) in [5.74, 6) is 0.181. The van der Waals surface area contributed by atoms with E-state index in [9.17, 15) is 9.59 Å². The van der Waals surface area contributed by atoms with E-state index in [1.165, 1.54) is 0 Å². The van der Waals surface area contributed by atoms with Crippen molar-refractivity contribution in [2.75, 3.05) is 19.6 Å². The van der Waals surface area contributed by atoms with E-state index in [0.29, 0.717) is 18.1 Å². The molecule has 0 bridgehead atoms. The quantitative estimate of drug-likeness (QED) is 0.748. The van der Waals surface area contributed by atoms with E-state index in [-0.39, 0.29) is 36.5 Å². The Bertz CT molecular complexity index is 893. The molecule has 1 aromatic carbocycles. The summed E-state index contributed by atoms with van der Waals surface area (Å²) in [6.45, 7) is 9.76. The van der Waals surface area contributed by atoms with Crippen LogP contribution in [0.4, 0.5) is 4.79 Å². The number of halogens is 1. The Balaban J connectivity index is 1.89. The third-order valence-electron chi connectivity index (χ3n) is 5.17. The molecule has 1 aromatic heterocycles. The van der Waals surface area contributed by atoms with Gasteiger partial charge in [0.05, 0.1) is 6.04 Å². The Morgan fingerprint density at radius 2 is 1.87 bits per heavy atom. The van der Waals surface area contributed by atoms with Crippen molar-refractivity contribution in [1.82, 2.24) is 19.7 Å². The van der Waals surface area contributed by atoms with Gasteiger partial charge >= 0.3 is 6.03 Å². The Morgan fingerprint density at radius 3 is 2.53 bits per heavy atom. The molecule has 0 saturated heterocycles. The highest BCUT2D eigenvalue weighted by molar-refractivity contribution is 6.31. The second kappa shape index (κ2) is 9.56. The maximum absolute atomic E-state index is 13.5. The van der Waals surface area contributed by atoms with Gasteiger partial charge in [0.2, 0.25) is 5.91 Å². The summed E-state index contributed by atoms with van der Waals surface area (Å²) in [5.41, 5.74) is 1.93. The number of urea groups is 1. The molecule has 162 valence electrons. The Kier molecular flexibility index (Phi) is 7.08. The maximum atomic E-state index is 13.5. The lowest BCUT2D eigenvalue weighted by atomic mass is 9.99. The van der Waals surface area contributed by atoms with E-state index in [0.717, 1.165) is 17.8 Å². The lowest BCUT2D eigenvalue weighted by molar-refractivity contribution is -0.134. The Labute approximate surface area is 183 Å². The van der Waals surface area contributed by atoms with E-state index >= 15 is 0 Å². The number of nitrogens with one attached hydrogen (secondary N) is 1. The van der Waals surface area contributed by atoms with Crippen LogP contribution in [0.25, 0.3) is 0 Å². The van der Waals surface area contributed by atoms with E-state index in [1.807, 2.05) is 75.2 Å². The number of benzene rings is 1. The van der Waals surface area contributed by atoms with Crippen LogP contribution in [0.1, 0.15) is 45.0 Å². The zero-order valence-electron chi connectivity index (χ0n) is 18.1. The highest BCUT2D eigenvalue weighted by Gasteiger charge is 2.34. The van der Waals surface area contributed by atoms with Crippen LogP contribution < -0.4 is 5.32 Å². The molecular formula is C23H31ClN4O2. The van der Waals surface area contributed by atoms with Crippen LogP contribution in [-0.4, -0.2) is 52.0 Å². The SMILES string of the molecule is CC(C)CN(CC(=O)N1CCn2cccc2[C@@H]1c1ccccc1Cl)C(=O)NC(C)C. The minimum Gasteiger partial charge on any atom is -0.348 e. The van der Waals surface area contributed by atoms with Gasteiger partial charge in [0.25, 0.3) is 0 Å². The van der Waals surface area contributed by atoms with Crippen LogP contribution in [0, 0.1) is 5.92 Å². The number of hydrogen-bond donors (Lipinski definition) is 1. The van der Waals surface area contributed by atoms with Crippen molar-refractivity contribution in [2.45, 2.75) is 46.3 Å². The molecule has 30 heavy (non-hydrogen) atoms. The first kappa shape index (κ1) is 22.2. The predicted molar refractivity (Wildman–Crippen MR) is 120 cm³/mol. The van der Waals surface area contributed by atoms with Crippen molar-refractivity contribution < 1.29 is 9.59 Å². The fourth-order valence-electron chi connectivity index (χ4n) is 3.93. The molecule has 2 aromatic rings. The second-order valence-electron chi connectivity index (χ2n) is 8.52. The molecule has 1 aliphatic heterocycles. The minimum atomic E-state index is -0.274. The van der Waals surface area contributed by atoms with Gasteiger partial charge in [-0.25, -0.2) is 4.79 Å². The molecular weight excluding hydrogens is 400 g/mol. The van der Waals surface area contributed by atoms with Crippen LogP contribution in [0.15, 0.2) is 42.6 Å². The highest BCUT2D eigenvalue weighted by Crippen LogP contribution is 2.36. The van der Waals surface area contributed by atoms with Crippen LogP contribution >= 0.6 is 11.6 Å². The first-order valence-corrected chi connectivity index (χ1v) is 10.9. The first-order chi connectivity index (χ1) is 14.3. The summed E-state index contributed by atoms with van der Waals surface area (Å²) in [6, 6.07) is 11.2. The Morgan fingerprint density at radius 1 is 1.13 bits per heavy atom. The minimum absolute atomic E-state index is 0.0106. The summed E-state index contributed by atoms with van der Waals surface area (Å²) in [6.07, 6.45) is 2.03. The van der Waals surface area contributed by atoms with Crippen molar-refractivity contribution in [1.29, 1.82) is 0 Å². The topological polar surface area (TPSA) is 57.6 Å². The number of carbonyl (C=O) groups excluding carboxylic acids is 2. The fraction of sp³-hybridized carbons (Fsp3) is 0.478. The predicted octanol–water partition coefficient (Wildman–Crippen LogP) is 4.15. The van der Waals surface area contributed by atoms with Gasteiger partial charge in [0.1, 0.15) is 6.54 Å². The van der Waals surface area contributed by atoms with E-state index in [1.54, 1.807) is 4.90 Å². The van der Waals surface area contributed by atoms with Crippen molar-refractivity contribution in [3.63, 3.8) is 0 Å². The molecule has 6 nitrogen and oxygen atoms in total. The summed E-state index contributed by atoms with van der Waals surface area (Å²) in [7, 11) is 0. The number of carbonyl (C=O) groups is 2. The van der Waals surface area contributed by atoms with E-state index < -0.39 is 0 Å². The first-order valence-electron chi connectivity index (χ1n) is 10.5. The van der Waals surface area contributed by atoms with Crippen LogP contribution in [0.5, 0.6) is 0 Å². The molecule has 2 heterocycles. The largest absolute Gasteiger partial charge is 0.348 e. The average Bonchev–Trinajstić information content (AvgIpc) is 3.15. The van der Waals surface area contributed by atoms with Gasteiger partial charge in [-0.05, 0) is 43.5 Å². The lowest BCUT2D eigenvalue weighted by Crippen LogP contribution is -2.51. The molecule has 1 N–H and O–H groups in total. The van der Waals surface area contributed by atoms with Gasteiger partial charge in [0.15, 0.2) is 0 Å². The Hall–Kier alpha value is -2.47. The number of fused-ring (bicyclic) bond motifs is 1. The third kappa shape index (κ3) is 4.98. The molecule has 0 unspecified atom stereocenters. The molecule has 0 saturated carbocycles. The number of nitrogens with zero attached hydrogens (tertiary/aromatic N) is 3. The number of amides is 3. The van der Waals surface area contributed by atoms with Crippen LogP contribution in [0.2, 0.25) is 5.02 Å². The monoisotopic (exact) mass is 430 g/mol. The van der Waals surface area contributed by atoms with Gasteiger partial charge in [-0.3, -0.25) is 4.79 Å². The van der Waals surface area contributed by atoms with Gasteiger partial charge in [-0.2, -0.15) is 0 Å². The number of aromatic nitrogens is 1. The molecule has 0 radical (unpaired) electrons. The zero-order valence-corrected chi connectivity index (χ0v) is 18.9.